The summed E-state index contributed by atoms with van der Waals surface area (Å²) >= 11 is 0. The lowest BCUT2D eigenvalue weighted by atomic mass is 9.69. The zero-order valence-electron chi connectivity index (χ0n) is 13.8. The van der Waals surface area contributed by atoms with Gasteiger partial charge >= 0.3 is 0 Å². The van der Waals surface area contributed by atoms with Gasteiger partial charge in [0.1, 0.15) is 0 Å². The number of likely N-dealkylation sites (N-methyl/N-ethyl adjacent to an activating group) is 1. The first kappa shape index (κ1) is 16.9. The van der Waals surface area contributed by atoms with Crippen molar-refractivity contribution in [1.82, 2.24) is 10.2 Å². The Morgan fingerprint density at radius 1 is 1.37 bits per heavy atom. The third-order valence-corrected chi connectivity index (χ3v) is 4.19. The highest BCUT2D eigenvalue weighted by Crippen LogP contribution is 2.39. The first-order chi connectivity index (χ1) is 8.63. The molecule has 2 N–H and O–H groups in total. The maximum Gasteiger partial charge on any atom is 0.0718 e. The lowest BCUT2D eigenvalue weighted by molar-refractivity contribution is 0.0293. The van der Waals surface area contributed by atoms with E-state index in [1.807, 2.05) is 13.8 Å². The Labute approximate surface area is 119 Å². The van der Waals surface area contributed by atoms with Crippen LogP contribution < -0.4 is 5.32 Å². The molecule has 0 aliphatic heterocycles. The van der Waals surface area contributed by atoms with E-state index in [1.54, 1.807) is 0 Å². The number of nitrogens with zero attached hydrogens (tertiary/aromatic N) is 1. The van der Waals surface area contributed by atoms with Crippen molar-refractivity contribution in [3.63, 3.8) is 0 Å². The topological polar surface area (TPSA) is 35.5 Å². The van der Waals surface area contributed by atoms with Crippen LogP contribution in [0, 0.1) is 11.3 Å². The molecule has 1 aliphatic carbocycles. The molecule has 0 aromatic heterocycles. The standard InChI is InChI=1S/C16H34N2O/c1-7-17-14-8-9-15(2,3)10-13(14)11-18(6)12-16(4,5)19/h13-14,17,19H,7-12H2,1-6H3. The predicted molar refractivity (Wildman–Crippen MR) is 82.4 cm³/mol. The van der Waals surface area contributed by atoms with E-state index >= 15 is 0 Å². The second kappa shape index (κ2) is 6.55. The van der Waals surface area contributed by atoms with E-state index in [4.69, 9.17) is 0 Å². The Balaban J connectivity index is 2.59. The second-order valence-corrected chi connectivity index (χ2v) is 7.84. The molecule has 1 aliphatic rings. The van der Waals surface area contributed by atoms with Crippen LogP contribution in [-0.4, -0.2) is 48.3 Å². The Morgan fingerprint density at radius 3 is 2.53 bits per heavy atom. The summed E-state index contributed by atoms with van der Waals surface area (Å²) in [6, 6.07) is 0.641. The molecule has 1 rings (SSSR count). The van der Waals surface area contributed by atoms with E-state index in [9.17, 15) is 5.11 Å². The molecule has 0 amide bonds. The third-order valence-electron chi connectivity index (χ3n) is 4.19. The minimum absolute atomic E-state index is 0.464. The van der Waals surface area contributed by atoms with Gasteiger partial charge in [0.2, 0.25) is 0 Å². The highest BCUT2D eigenvalue weighted by molar-refractivity contribution is 4.90. The lowest BCUT2D eigenvalue weighted by Gasteiger charge is -2.43. The molecule has 3 heteroatoms. The molecule has 1 saturated carbocycles. The number of rotatable bonds is 6. The van der Waals surface area contributed by atoms with E-state index in [-0.39, 0.29) is 0 Å². The van der Waals surface area contributed by atoms with Crippen LogP contribution in [0.4, 0.5) is 0 Å². The van der Waals surface area contributed by atoms with E-state index in [2.05, 4.69) is 38.0 Å². The van der Waals surface area contributed by atoms with Gasteiger partial charge in [0.25, 0.3) is 0 Å². The summed E-state index contributed by atoms with van der Waals surface area (Å²) < 4.78 is 0. The molecular formula is C16H34N2O. The molecule has 0 aromatic carbocycles. The van der Waals surface area contributed by atoms with Crippen molar-refractivity contribution < 1.29 is 5.11 Å². The Morgan fingerprint density at radius 2 is 2.00 bits per heavy atom. The zero-order valence-corrected chi connectivity index (χ0v) is 13.8. The average molecular weight is 270 g/mol. The van der Waals surface area contributed by atoms with Crippen LogP contribution in [0.5, 0.6) is 0 Å². The van der Waals surface area contributed by atoms with Crippen molar-refractivity contribution in [1.29, 1.82) is 0 Å². The summed E-state index contributed by atoms with van der Waals surface area (Å²) in [7, 11) is 2.13. The monoisotopic (exact) mass is 270 g/mol. The minimum Gasteiger partial charge on any atom is -0.389 e. The highest BCUT2D eigenvalue weighted by atomic mass is 16.3. The molecular weight excluding hydrogens is 236 g/mol. The largest absolute Gasteiger partial charge is 0.389 e. The van der Waals surface area contributed by atoms with E-state index in [0.717, 1.165) is 19.6 Å². The van der Waals surface area contributed by atoms with Gasteiger partial charge < -0.3 is 15.3 Å². The fourth-order valence-corrected chi connectivity index (χ4v) is 3.58. The molecule has 0 bridgehead atoms. The third kappa shape index (κ3) is 6.24. The first-order valence-corrected chi connectivity index (χ1v) is 7.77. The second-order valence-electron chi connectivity index (χ2n) is 7.84. The maximum atomic E-state index is 9.93. The number of hydrogen-bond acceptors (Lipinski definition) is 3. The van der Waals surface area contributed by atoms with Gasteiger partial charge in [-0.15, -0.1) is 0 Å². The Bertz CT molecular complexity index is 270. The van der Waals surface area contributed by atoms with Crippen LogP contribution in [0.25, 0.3) is 0 Å². The molecule has 3 nitrogen and oxygen atoms in total. The molecule has 0 saturated heterocycles. The summed E-state index contributed by atoms with van der Waals surface area (Å²) in [4.78, 5) is 2.29. The minimum atomic E-state index is -0.605. The van der Waals surface area contributed by atoms with Crippen molar-refractivity contribution >= 4 is 0 Å². The fraction of sp³-hybridized carbons (Fsp3) is 1.00. The van der Waals surface area contributed by atoms with E-state index in [0.29, 0.717) is 17.4 Å². The van der Waals surface area contributed by atoms with Crippen molar-refractivity contribution in [2.45, 2.75) is 65.5 Å². The van der Waals surface area contributed by atoms with Crippen molar-refractivity contribution in [3.8, 4) is 0 Å². The van der Waals surface area contributed by atoms with Gasteiger partial charge in [0.05, 0.1) is 5.60 Å². The van der Waals surface area contributed by atoms with Crippen LogP contribution in [0.15, 0.2) is 0 Å². The lowest BCUT2D eigenvalue weighted by Crippen LogP contribution is -2.48. The predicted octanol–water partition coefficient (Wildman–Crippen LogP) is 2.49. The van der Waals surface area contributed by atoms with Gasteiger partial charge in [-0.05, 0) is 58.0 Å². The molecule has 0 spiro atoms. The highest BCUT2D eigenvalue weighted by Gasteiger charge is 2.35. The summed E-state index contributed by atoms with van der Waals surface area (Å²) in [5.41, 5.74) is -0.140. The molecule has 0 radical (unpaired) electrons. The van der Waals surface area contributed by atoms with Crippen molar-refractivity contribution in [3.05, 3.63) is 0 Å². The van der Waals surface area contributed by atoms with Crippen molar-refractivity contribution in [2.24, 2.45) is 11.3 Å². The quantitative estimate of drug-likeness (QED) is 0.778. The van der Waals surface area contributed by atoms with Crippen LogP contribution in [0.2, 0.25) is 0 Å². The molecule has 19 heavy (non-hydrogen) atoms. The summed E-state index contributed by atoms with van der Waals surface area (Å²) in [5, 5.41) is 13.6. The summed E-state index contributed by atoms with van der Waals surface area (Å²) in [6.45, 7) is 13.6. The van der Waals surface area contributed by atoms with Gasteiger partial charge in [-0.25, -0.2) is 0 Å². The molecule has 2 atom stereocenters. The zero-order chi connectivity index (χ0) is 14.7. The van der Waals surface area contributed by atoms with Crippen LogP contribution in [-0.2, 0) is 0 Å². The van der Waals surface area contributed by atoms with Gasteiger partial charge in [-0.3, -0.25) is 0 Å². The summed E-state index contributed by atoms with van der Waals surface area (Å²) in [5.74, 6) is 0.691. The fourth-order valence-electron chi connectivity index (χ4n) is 3.58. The molecule has 0 aromatic rings. The summed E-state index contributed by atoms with van der Waals surface area (Å²) in [6.07, 6.45) is 3.87. The Kier molecular flexibility index (Phi) is 5.84. The average Bonchev–Trinajstić information content (AvgIpc) is 2.18. The normalized spacial score (nSPS) is 27.8. The molecule has 1 fully saturated rings. The van der Waals surface area contributed by atoms with Crippen molar-refractivity contribution in [2.75, 3.05) is 26.7 Å². The van der Waals surface area contributed by atoms with E-state index in [1.165, 1.54) is 19.3 Å². The number of nitrogens with one attached hydrogen (secondary N) is 1. The molecule has 114 valence electrons. The van der Waals surface area contributed by atoms with Crippen LogP contribution in [0.1, 0.15) is 53.9 Å². The van der Waals surface area contributed by atoms with Gasteiger partial charge in [-0.2, -0.15) is 0 Å². The van der Waals surface area contributed by atoms with Crippen LogP contribution >= 0.6 is 0 Å². The maximum absolute atomic E-state index is 9.93. The molecule has 2 unspecified atom stereocenters. The van der Waals surface area contributed by atoms with Gasteiger partial charge in [-0.1, -0.05) is 20.8 Å². The molecule has 0 heterocycles. The number of aliphatic hydroxyl groups is 1. The van der Waals surface area contributed by atoms with Gasteiger partial charge in [0.15, 0.2) is 0 Å². The van der Waals surface area contributed by atoms with E-state index < -0.39 is 5.60 Å². The first-order valence-electron chi connectivity index (χ1n) is 7.77. The smallest absolute Gasteiger partial charge is 0.0718 e. The van der Waals surface area contributed by atoms with Crippen LogP contribution in [0.3, 0.4) is 0 Å². The Hall–Kier alpha value is -0.120. The van der Waals surface area contributed by atoms with Gasteiger partial charge in [0, 0.05) is 19.1 Å². The number of hydrogen-bond donors (Lipinski definition) is 2. The SMILES string of the molecule is CCNC1CCC(C)(C)CC1CN(C)CC(C)(C)O.